The van der Waals surface area contributed by atoms with Gasteiger partial charge < -0.3 is 15.5 Å². The Morgan fingerprint density at radius 3 is 2.36 bits per heavy atom. The molecule has 2 N–H and O–H groups in total. The van der Waals surface area contributed by atoms with Crippen LogP contribution in [0.5, 0.6) is 0 Å². The number of aliphatic imine (C=N–C) groups is 1. The summed E-state index contributed by atoms with van der Waals surface area (Å²) in [5.74, 6) is -0.344. The summed E-state index contributed by atoms with van der Waals surface area (Å²) in [5, 5.41) is 5.98. The van der Waals surface area contributed by atoms with Crippen LogP contribution in [0.4, 0.5) is 11.4 Å². The van der Waals surface area contributed by atoms with E-state index in [0.29, 0.717) is 23.4 Å². The first kappa shape index (κ1) is 28.8. The fourth-order valence-electron chi connectivity index (χ4n) is 3.78. The lowest BCUT2D eigenvalue weighted by Gasteiger charge is -2.24. The van der Waals surface area contributed by atoms with Gasteiger partial charge in [-0.2, -0.15) is 0 Å². The minimum absolute atomic E-state index is 0.123. The summed E-state index contributed by atoms with van der Waals surface area (Å²) in [4.78, 5) is 32.1. The fourth-order valence-corrected chi connectivity index (χ4v) is 3.78. The Balaban J connectivity index is 2.20. The summed E-state index contributed by atoms with van der Waals surface area (Å²) >= 11 is 0. The Kier molecular flexibility index (Phi) is 12.5. The Morgan fingerprint density at radius 1 is 0.944 bits per heavy atom. The van der Waals surface area contributed by atoms with E-state index < -0.39 is 0 Å². The normalized spacial score (nSPS) is 11.1. The number of hydrogen-bond acceptors (Lipinski definition) is 4. The molecule has 0 radical (unpaired) electrons. The summed E-state index contributed by atoms with van der Waals surface area (Å²) in [6.45, 7) is 12.3. The molecule has 0 unspecified atom stereocenters. The van der Waals surface area contributed by atoms with Crippen molar-refractivity contribution >= 4 is 28.9 Å². The predicted octanol–water partition coefficient (Wildman–Crippen LogP) is 6.39. The first-order chi connectivity index (χ1) is 17.3. The van der Waals surface area contributed by atoms with Crippen LogP contribution < -0.4 is 15.5 Å². The lowest BCUT2D eigenvalue weighted by molar-refractivity contribution is -0.112. The number of unbranched alkanes of at least 4 members (excludes halogenated alkanes) is 1. The van der Waals surface area contributed by atoms with Crippen molar-refractivity contribution in [3.05, 3.63) is 71.4 Å². The molecule has 2 amide bonds. The quantitative estimate of drug-likeness (QED) is 0.183. The van der Waals surface area contributed by atoms with E-state index in [1.807, 2.05) is 32.0 Å². The zero-order chi connectivity index (χ0) is 26.3. The maximum absolute atomic E-state index is 12.9. The molecule has 0 aliphatic heterocycles. The first-order valence-corrected chi connectivity index (χ1v) is 13.1. The van der Waals surface area contributed by atoms with Gasteiger partial charge in [-0.25, -0.2) is 0 Å². The molecule has 0 heterocycles. The Bertz CT molecular complexity index is 1040. The smallest absolute Gasteiger partial charge is 0.252 e. The van der Waals surface area contributed by atoms with Crippen LogP contribution >= 0.6 is 0 Å². The fraction of sp³-hybridized carbons (Fsp3) is 0.433. The predicted molar refractivity (Wildman–Crippen MR) is 152 cm³/mol. The molecule has 2 aromatic carbocycles. The van der Waals surface area contributed by atoms with Gasteiger partial charge in [-0.1, -0.05) is 44.5 Å². The van der Waals surface area contributed by atoms with Gasteiger partial charge in [0.1, 0.15) is 0 Å². The van der Waals surface area contributed by atoms with Crippen LogP contribution in [-0.2, 0) is 11.2 Å². The van der Waals surface area contributed by atoms with E-state index in [2.05, 4.69) is 58.6 Å². The third-order valence-electron chi connectivity index (χ3n) is 5.80. The largest absolute Gasteiger partial charge is 0.372 e. The minimum atomic E-state index is -0.221. The molecule has 2 aromatic rings. The van der Waals surface area contributed by atoms with Gasteiger partial charge in [0.2, 0.25) is 0 Å². The van der Waals surface area contributed by atoms with E-state index in [1.165, 1.54) is 5.69 Å². The number of benzene rings is 2. The lowest BCUT2D eigenvalue weighted by Crippen LogP contribution is -2.26. The number of carbonyl (C=O) groups excluding carboxylic acids is 2. The zero-order valence-corrected chi connectivity index (χ0v) is 22.6. The van der Waals surface area contributed by atoms with E-state index in [0.717, 1.165) is 56.5 Å². The number of hydrogen-bond donors (Lipinski definition) is 2. The topological polar surface area (TPSA) is 73.8 Å². The van der Waals surface area contributed by atoms with Crippen molar-refractivity contribution in [2.45, 2.75) is 66.7 Å². The van der Waals surface area contributed by atoms with Crippen molar-refractivity contribution < 1.29 is 9.59 Å². The molecule has 0 atom stereocenters. The van der Waals surface area contributed by atoms with E-state index in [9.17, 15) is 9.59 Å². The minimum Gasteiger partial charge on any atom is -0.372 e. The molecule has 0 fully saturated rings. The molecule has 6 nitrogen and oxygen atoms in total. The number of para-hydroxylation sites is 1. The van der Waals surface area contributed by atoms with Crippen molar-refractivity contribution in [3.8, 4) is 0 Å². The second-order valence-electron chi connectivity index (χ2n) is 9.25. The molecule has 0 aliphatic carbocycles. The highest BCUT2D eigenvalue weighted by molar-refractivity contribution is 6.05. The highest BCUT2D eigenvalue weighted by atomic mass is 16.2. The lowest BCUT2D eigenvalue weighted by atomic mass is 10.0. The molecule has 6 heteroatoms. The number of anilines is 2. The van der Waals surface area contributed by atoms with Crippen LogP contribution in [0.3, 0.4) is 0 Å². The Hall–Kier alpha value is -3.41. The first-order valence-electron chi connectivity index (χ1n) is 13.1. The summed E-state index contributed by atoms with van der Waals surface area (Å²) in [7, 11) is 0. The SMILES string of the molecule is CCCCNC(=O)c1ccc(CCCN(CCC)c2ccccc2)c(NC(=O)/C(C)=C/N=C(C)C)c1. The molecule has 0 saturated carbocycles. The average molecular weight is 491 g/mol. The van der Waals surface area contributed by atoms with Gasteiger partial charge in [0.05, 0.1) is 0 Å². The summed E-state index contributed by atoms with van der Waals surface area (Å²) in [5.41, 5.74) is 4.85. The number of rotatable bonds is 14. The van der Waals surface area contributed by atoms with E-state index in [1.54, 1.807) is 19.2 Å². The number of nitrogens with zero attached hydrogens (tertiary/aromatic N) is 2. The average Bonchev–Trinajstić information content (AvgIpc) is 2.88. The van der Waals surface area contributed by atoms with E-state index in [-0.39, 0.29) is 11.8 Å². The number of nitrogens with one attached hydrogen (secondary N) is 2. The second kappa shape index (κ2) is 15.6. The third-order valence-corrected chi connectivity index (χ3v) is 5.80. The van der Waals surface area contributed by atoms with Crippen LogP contribution in [0, 0.1) is 0 Å². The Morgan fingerprint density at radius 2 is 1.69 bits per heavy atom. The number of carbonyl (C=O) groups is 2. The van der Waals surface area contributed by atoms with Gasteiger partial charge in [0.25, 0.3) is 11.8 Å². The van der Waals surface area contributed by atoms with Gasteiger partial charge in [-0.3, -0.25) is 14.6 Å². The molecule has 194 valence electrons. The van der Waals surface area contributed by atoms with Crippen LogP contribution in [0.2, 0.25) is 0 Å². The number of amides is 2. The molecular weight excluding hydrogens is 448 g/mol. The van der Waals surface area contributed by atoms with Gasteiger partial charge in [0.15, 0.2) is 0 Å². The Labute approximate surface area is 216 Å². The monoisotopic (exact) mass is 490 g/mol. The molecular formula is C30H42N4O2. The van der Waals surface area contributed by atoms with E-state index in [4.69, 9.17) is 0 Å². The summed E-state index contributed by atoms with van der Waals surface area (Å²) < 4.78 is 0. The third kappa shape index (κ3) is 9.68. The van der Waals surface area contributed by atoms with Gasteiger partial charge >= 0.3 is 0 Å². The summed E-state index contributed by atoms with van der Waals surface area (Å²) in [6.07, 6.45) is 6.31. The highest BCUT2D eigenvalue weighted by Gasteiger charge is 2.14. The summed E-state index contributed by atoms with van der Waals surface area (Å²) in [6, 6.07) is 16.0. The molecule has 0 spiro atoms. The molecule has 2 rings (SSSR count). The molecule has 0 bridgehead atoms. The van der Waals surface area contributed by atoms with Gasteiger partial charge in [-0.05, 0) is 76.3 Å². The van der Waals surface area contributed by atoms with Crippen molar-refractivity contribution in [1.29, 1.82) is 0 Å². The van der Waals surface area contributed by atoms with Crippen molar-refractivity contribution in [2.24, 2.45) is 4.99 Å². The maximum Gasteiger partial charge on any atom is 0.252 e. The van der Waals surface area contributed by atoms with Crippen molar-refractivity contribution in [3.63, 3.8) is 0 Å². The zero-order valence-electron chi connectivity index (χ0n) is 22.6. The second-order valence-corrected chi connectivity index (χ2v) is 9.25. The number of aryl methyl sites for hydroxylation is 1. The maximum atomic E-state index is 12.9. The highest BCUT2D eigenvalue weighted by Crippen LogP contribution is 2.22. The molecule has 36 heavy (non-hydrogen) atoms. The van der Waals surface area contributed by atoms with Crippen molar-refractivity contribution in [1.82, 2.24) is 5.32 Å². The van der Waals surface area contributed by atoms with Crippen LogP contribution in [-0.4, -0.2) is 37.2 Å². The van der Waals surface area contributed by atoms with Crippen LogP contribution in [0.1, 0.15) is 76.2 Å². The van der Waals surface area contributed by atoms with Crippen LogP contribution in [0.25, 0.3) is 0 Å². The molecule has 0 saturated heterocycles. The van der Waals surface area contributed by atoms with Crippen molar-refractivity contribution in [2.75, 3.05) is 29.9 Å². The van der Waals surface area contributed by atoms with Gasteiger partial charge in [-0.15, -0.1) is 0 Å². The molecule has 0 aliphatic rings. The van der Waals surface area contributed by atoms with Crippen LogP contribution in [0.15, 0.2) is 65.3 Å². The molecule has 0 aromatic heterocycles. The van der Waals surface area contributed by atoms with E-state index >= 15 is 0 Å². The standard InChI is InChI=1S/C30H42N4O2/c1-6-8-18-31-30(36)26-17-16-25(28(21-26)33-29(35)24(5)22-32-23(3)4)13-12-20-34(19-7-2)27-14-10-9-11-15-27/h9-11,14-17,21-22H,6-8,12-13,18-20H2,1-5H3,(H,31,36)(H,33,35)/b24-22+. The van der Waals surface area contributed by atoms with Gasteiger partial charge in [0, 0.05) is 54.1 Å².